The molecule has 1 N–H and O–H groups in total. The molecule has 19 heavy (non-hydrogen) atoms. The standard InChI is InChI=1S/C16H26N2O/c1-3-12-18(13-4-2)16(19)10-11-17-14-15-8-6-5-7-9-15/h5-9,17H,3-4,10-14H2,1-2H3. The highest BCUT2D eigenvalue weighted by Gasteiger charge is 2.10. The van der Waals surface area contributed by atoms with Crippen LogP contribution in [0.3, 0.4) is 0 Å². The first-order valence-corrected chi connectivity index (χ1v) is 7.30. The van der Waals surface area contributed by atoms with Gasteiger partial charge in [-0.3, -0.25) is 4.79 Å². The molecule has 1 aromatic rings. The number of amides is 1. The maximum absolute atomic E-state index is 12.0. The fraction of sp³-hybridized carbons (Fsp3) is 0.562. The van der Waals surface area contributed by atoms with Gasteiger partial charge < -0.3 is 10.2 Å². The van der Waals surface area contributed by atoms with E-state index in [9.17, 15) is 4.79 Å². The van der Waals surface area contributed by atoms with Gasteiger partial charge >= 0.3 is 0 Å². The van der Waals surface area contributed by atoms with E-state index >= 15 is 0 Å². The van der Waals surface area contributed by atoms with Crippen molar-refractivity contribution in [2.24, 2.45) is 0 Å². The Morgan fingerprint density at radius 3 is 2.32 bits per heavy atom. The van der Waals surface area contributed by atoms with Gasteiger partial charge in [0.05, 0.1) is 0 Å². The Balaban J connectivity index is 2.22. The molecule has 0 aromatic heterocycles. The third-order valence-corrected chi connectivity index (χ3v) is 3.03. The smallest absolute Gasteiger partial charge is 0.223 e. The van der Waals surface area contributed by atoms with E-state index in [-0.39, 0.29) is 5.91 Å². The van der Waals surface area contributed by atoms with Crippen LogP contribution >= 0.6 is 0 Å². The Morgan fingerprint density at radius 1 is 1.11 bits per heavy atom. The Kier molecular flexibility index (Phi) is 7.91. The summed E-state index contributed by atoms with van der Waals surface area (Å²) in [6.07, 6.45) is 2.65. The molecule has 1 amide bonds. The molecule has 0 fully saturated rings. The van der Waals surface area contributed by atoms with Crippen molar-refractivity contribution in [1.29, 1.82) is 0 Å². The highest BCUT2D eigenvalue weighted by Crippen LogP contribution is 2.00. The van der Waals surface area contributed by atoms with E-state index in [2.05, 4.69) is 31.3 Å². The van der Waals surface area contributed by atoms with Crippen molar-refractivity contribution in [2.75, 3.05) is 19.6 Å². The predicted molar refractivity (Wildman–Crippen MR) is 79.9 cm³/mol. The van der Waals surface area contributed by atoms with E-state index in [0.717, 1.165) is 39.0 Å². The first-order valence-electron chi connectivity index (χ1n) is 7.30. The normalized spacial score (nSPS) is 10.4. The van der Waals surface area contributed by atoms with E-state index in [1.54, 1.807) is 0 Å². The number of carbonyl (C=O) groups excluding carboxylic acids is 1. The molecule has 0 aliphatic rings. The topological polar surface area (TPSA) is 32.3 Å². The second-order valence-corrected chi connectivity index (χ2v) is 4.79. The summed E-state index contributed by atoms with van der Waals surface area (Å²) >= 11 is 0. The van der Waals surface area contributed by atoms with Crippen molar-refractivity contribution in [3.63, 3.8) is 0 Å². The largest absolute Gasteiger partial charge is 0.343 e. The molecule has 0 spiro atoms. The summed E-state index contributed by atoms with van der Waals surface area (Å²) < 4.78 is 0. The van der Waals surface area contributed by atoms with Gasteiger partial charge in [-0.15, -0.1) is 0 Å². The van der Waals surface area contributed by atoms with Crippen LogP contribution in [0.5, 0.6) is 0 Å². The molecule has 0 bridgehead atoms. The number of hydrogen-bond acceptors (Lipinski definition) is 2. The summed E-state index contributed by atoms with van der Waals surface area (Å²) in [6.45, 7) is 7.57. The summed E-state index contributed by atoms with van der Waals surface area (Å²) in [4.78, 5) is 14.0. The molecular formula is C16H26N2O. The SMILES string of the molecule is CCCN(CCC)C(=O)CCNCc1ccccc1. The van der Waals surface area contributed by atoms with Crippen molar-refractivity contribution >= 4 is 5.91 Å². The summed E-state index contributed by atoms with van der Waals surface area (Å²) in [5.41, 5.74) is 1.26. The molecule has 0 saturated carbocycles. The first kappa shape index (κ1) is 15.7. The molecule has 1 aromatic carbocycles. The van der Waals surface area contributed by atoms with Crippen molar-refractivity contribution in [2.45, 2.75) is 39.7 Å². The van der Waals surface area contributed by atoms with Crippen LogP contribution in [0.2, 0.25) is 0 Å². The van der Waals surface area contributed by atoms with E-state index in [1.807, 2.05) is 23.1 Å². The Hall–Kier alpha value is -1.35. The lowest BCUT2D eigenvalue weighted by molar-refractivity contribution is -0.131. The average Bonchev–Trinajstić information content (AvgIpc) is 2.44. The molecule has 3 nitrogen and oxygen atoms in total. The van der Waals surface area contributed by atoms with Crippen LogP contribution in [0.25, 0.3) is 0 Å². The molecule has 0 saturated heterocycles. The van der Waals surface area contributed by atoms with Crippen LogP contribution in [-0.2, 0) is 11.3 Å². The maximum Gasteiger partial charge on any atom is 0.223 e. The van der Waals surface area contributed by atoms with Crippen LogP contribution in [0.4, 0.5) is 0 Å². The minimum Gasteiger partial charge on any atom is -0.343 e. The van der Waals surface area contributed by atoms with Crippen molar-refractivity contribution in [3.8, 4) is 0 Å². The number of nitrogens with one attached hydrogen (secondary N) is 1. The zero-order valence-corrected chi connectivity index (χ0v) is 12.2. The minimum atomic E-state index is 0.268. The third-order valence-electron chi connectivity index (χ3n) is 3.03. The van der Waals surface area contributed by atoms with Crippen LogP contribution in [0, 0.1) is 0 Å². The molecule has 0 radical (unpaired) electrons. The summed E-state index contributed by atoms with van der Waals surface area (Å²) in [5.74, 6) is 0.268. The Labute approximate surface area is 117 Å². The molecule has 0 atom stereocenters. The monoisotopic (exact) mass is 262 g/mol. The average molecular weight is 262 g/mol. The van der Waals surface area contributed by atoms with Gasteiger partial charge in [-0.05, 0) is 18.4 Å². The lowest BCUT2D eigenvalue weighted by atomic mass is 10.2. The number of benzene rings is 1. The number of hydrogen-bond donors (Lipinski definition) is 1. The van der Waals surface area contributed by atoms with E-state index < -0.39 is 0 Å². The van der Waals surface area contributed by atoms with Crippen LogP contribution in [-0.4, -0.2) is 30.4 Å². The fourth-order valence-electron chi connectivity index (χ4n) is 2.08. The number of nitrogens with zero attached hydrogens (tertiary/aromatic N) is 1. The lowest BCUT2D eigenvalue weighted by Gasteiger charge is -2.21. The molecule has 106 valence electrons. The molecular weight excluding hydrogens is 236 g/mol. The van der Waals surface area contributed by atoms with Gasteiger partial charge in [-0.2, -0.15) is 0 Å². The van der Waals surface area contributed by atoms with Crippen molar-refractivity contribution in [3.05, 3.63) is 35.9 Å². The number of rotatable bonds is 9. The van der Waals surface area contributed by atoms with Gasteiger partial charge in [0.25, 0.3) is 0 Å². The third kappa shape index (κ3) is 6.39. The van der Waals surface area contributed by atoms with E-state index in [4.69, 9.17) is 0 Å². The summed E-state index contributed by atoms with van der Waals surface area (Å²) in [6, 6.07) is 10.3. The zero-order chi connectivity index (χ0) is 13.9. The Bertz CT molecular complexity index is 345. The summed E-state index contributed by atoms with van der Waals surface area (Å²) in [7, 11) is 0. The maximum atomic E-state index is 12.0. The van der Waals surface area contributed by atoms with Gasteiger partial charge in [-0.1, -0.05) is 44.2 Å². The highest BCUT2D eigenvalue weighted by molar-refractivity contribution is 5.76. The molecule has 1 rings (SSSR count). The molecule has 0 heterocycles. The van der Waals surface area contributed by atoms with Crippen LogP contribution in [0.15, 0.2) is 30.3 Å². The van der Waals surface area contributed by atoms with Gasteiger partial charge in [0.1, 0.15) is 0 Å². The van der Waals surface area contributed by atoms with Crippen LogP contribution in [0.1, 0.15) is 38.7 Å². The van der Waals surface area contributed by atoms with Gasteiger partial charge in [0.2, 0.25) is 5.91 Å². The van der Waals surface area contributed by atoms with E-state index in [1.165, 1.54) is 5.56 Å². The second kappa shape index (κ2) is 9.56. The van der Waals surface area contributed by atoms with Gasteiger partial charge in [0, 0.05) is 32.6 Å². The molecule has 0 unspecified atom stereocenters. The first-order chi connectivity index (χ1) is 9.27. The number of carbonyl (C=O) groups is 1. The quantitative estimate of drug-likeness (QED) is 0.694. The highest BCUT2D eigenvalue weighted by atomic mass is 16.2. The van der Waals surface area contributed by atoms with Gasteiger partial charge in [0.15, 0.2) is 0 Å². The summed E-state index contributed by atoms with van der Waals surface area (Å²) in [5, 5.41) is 3.32. The van der Waals surface area contributed by atoms with Crippen molar-refractivity contribution in [1.82, 2.24) is 10.2 Å². The van der Waals surface area contributed by atoms with Gasteiger partial charge in [-0.25, -0.2) is 0 Å². The fourth-order valence-corrected chi connectivity index (χ4v) is 2.08. The predicted octanol–water partition coefficient (Wildman–Crippen LogP) is 2.81. The van der Waals surface area contributed by atoms with E-state index in [0.29, 0.717) is 6.42 Å². The molecule has 0 aliphatic heterocycles. The second-order valence-electron chi connectivity index (χ2n) is 4.79. The van der Waals surface area contributed by atoms with Crippen LogP contribution < -0.4 is 5.32 Å². The Morgan fingerprint density at radius 2 is 1.74 bits per heavy atom. The lowest BCUT2D eigenvalue weighted by Crippen LogP contribution is -2.34. The zero-order valence-electron chi connectivity index (χ0n) is 12.2. The molecule has 3 heteroatoms. The minimum absolute atomic E-state index is 0.268. The van der Waals surface area contributed by atoms with Crippen molar-refractivity contribution < 1.29 is 4.79 Å². The molecule has 0 aliphatic carbocycles.